The standard InChI is InChI=1S/C16H19ClN2O6S3/c1-8(6-26-9(2)20)14(21)19-12(16(22)23)7-27-15(19)10-3-4-11(17)13(5-10)28(18,24)25/h3-5,8,12,15H,6-7H2,1-2H3,(H,22,23)(H2,18,24,25). The van der Waals surface area contributed by atoms with Crippen molar-refractivity contribution in [2.24, 2.45) is 11.1 Å². The maximum atomic E-state index is 13.0. The van der Waals surface area contributed by atoms with E-state index in [0.29, 0.717) is 5.56 Å². The minimum Gasteiger partial charge on any atom is -0.480 e. The maximum Gasteiger partial charge on any atom is 0.327 e. The van der Waals surface area contributed by atoms with Crippen molar-refractivity contribution in [2.75, 3.05) is 11.5 Å². The van der Waals surface area contributed by atoms with Gasteiger partial charge in [0, 0.05) is 24.3 Å². The molecule has 154 valence electrons. The van der Waals surface area contributed by atoms with Crippen LogP contribution in [-0.2, 0) is 24.4 Å². The number of aliphatic carboxylic acids is 1. The second kappa shape index (κ2) is 9.04. The quantitative estimate of drug-likeness (QED) is 0.649. The Kier molecular flexibility index (Phi) is 7.43. The van der Waals surface area contributed by atoms with Gasteiger partial charge < -0.3 is 10.0 Å². The molecule has 28 heavy (non-hydrogen) atoms. The van der Waals surface area contributed by atoms with Gasteiger partial charge in [-0.2, -0.15) is 0 Å². The van der Waals surface area contributed by atoms with Crippen molar-refractivity contribution in [3.8, 4) is 0 Å². The number of rotatable bonds is 6. The number of hydrogen-bond acceptors (Lipinski definition) is 7. The molecule has 1 aliphatic rings. The summed E-state index contributed by atoms with van der Waals surface area (Å²) in [7, 11) is -4.09. The number of carbonyl (C=O) groups is 3. The Morgan fingerprint density at radius 3 is 2.61 bits per heavy atom. The fraction of sp³-hybridized carbons (Fsp3) is 0.438. The summed E-state index contributed by atoms with van der Waals surface area (Å²) in [5.41, 5.74) is 0.405. The van der Waals surface area contributed by atoms with Crippen LogP contribution in [0.4, 0.5) is 0 Å². The van der Waals surface area contributed by atoms with Gasteiger partial charge in [0.15, 0.2) is 5.12 Å². The third kappa shape index (κ3) is 5.20. The Morgan fingerprint density at radius 1 is 1.43 bits per heavy atom. The van der Waals surface area contributed by atoms with Gasteiger partial charge in [-0.25, -0.2) is 18.4 Å². The molecule has 3 N–H and O–H groups in total. The summed E-state index contributed by atoms with van der Waals surface area (Å²) in [6.45, 7) is 3.01. The van der Waals surface area contributed by atoms with E-state index in [2.05, 4.69) is 0 Å². The Labute approximate surface area is 176 Å². The van der Waals surface area contributed by atoms with Crippen molar-refractivity contribution in [2.45, 2.75) is 30.2 Å². The van der Waals surface area contributed by atoms with Crippen LogP contribution in [0.1, 0.15) is 24.8 Å². The highest BCUT2D eigenvalue weighted by atomic mass is 35.5. The molecule has 1 aromatic rings. The summed E-state index contributed by atoms with van der Waals surface area (Å²) >= 11 is 8.11. The van der Waals surface area contributed by atoms with E-state index in [1.165, 1.54) is 41.8 Å². The van der Waals surface area contributed by atoms with Gasteiger partial charge in [0.25, 0.3) is 0 Å². The van der Waals surface area contributed by atoms with Crippen LogP contribution in [0.2, 0.25) is 5.02 Å². The molecule has 8 nitrogen and oxygen atoms in total. The van der Waals surface area contributed by atoms with Crippen molar-refractivity contribution >= 4 is 62.1 Å². The smallest absolute Gasteiger partial charge is 0.327 e. The number of carboxylic acids is 1. The molecule has 0 saturated carbocycles. The third-order valence-corrected chi connectivity index (χ3v) is 7.83. The molecular weight excluding hydrogens is 448 g/mol. The number of nitrogens with zero attached hydrogens (tertiary/aromatic N) is 1. The summed E-state index contributed by atoms with van der Waals surface area (Å²) in [6.07, 6.45) is 0. The topological polar surface area (TPSA) is 135 Å². The molecule has 0 spiro atoms. The predicted molar refractivity (Wildman–Crippen MR) is 109 cm³/mol. The molecular formula is C16H19ClN2O6S3. The SMILES string of the molecule is CC(=O)SCC(C)C(=O)N1C(C(=O)O)CSC1c1ccc(Cl)c(S(N)(=O)=O)c1. The molecule has 1 aromatic carbocycles. The lowest BCUT2D eigenvalue weighted by Crippen LogP contribution is -2.45. The minimum absolute atomic E-state index is 0.0619. The largest absolute Gasteiger partial charge is 0.480 e. The fourth-order valence-corrected chi connectivity index (χ4v) is 5.81. The number of nitrogens with two attached hydrogens (primary N) is 1. The van der Waals surface area contributed by atoms with Crippen LogP contribution >= 0.6 is 35.1 Å². The molecule has 1 aliphatic heterocycles. The van der Waals surface area contributed by atoms with E-state index >= 15 is 0 Å². The molecule has 1 amide bonds. The molecule has 0 aromatic heterocycles. The molecule has 3 atom stereocenters. The second-order valence-electron chi connectivity index (χ2n) is 6.22. The average Bonchev–Trinajstić information content (AvgIpc) is 3.03. The van der Waals surface area contributed by atoms with Crippen molar-refractivity contribution in [3.63, 3.8) is 0 Å². The number of hydrogen-bond donors (Lipinski definition) is 2. The number of sulfonamides is 1. The van der Waals surface area contributed by atoms with Gasteiger partial charge in [-0.05, 0) is 17.7 Å². The van der Waals surface area contributed by atoms with E-state index in [1.54, 1.807) is 6.92 Å². The van der Waals surface area contributed by atoms with Gasteiger partial charge in [0.05, 0.1) is 5.02 Å². The zero-order chi connectivity index (χ0) is 21.2. The average molecular weight is 467 g/mol. The van der Waals surface area contributed by atoms with Crippen molar-refractivity contribution in [1.29, 1.82) is 0 Å². The summed E-state index contributed by atoms with van der Waals surface area (Å²) in [5, 5.41) is 13.8. The number of halogens is 1. The maximum absolute atomic E-state index is 13.0. The lowest BCUT2D eigenvalue weighted by atomic mass is 10.1. The zero-order valence-electron chi connectivity index (χ0n) is 15.0. The molecule has 3 unspecified atom stereocenters. The first-order valence-corrected chi connectivity index (χ1v) is 12.0. The summed E-state index contributed by atoms with van der Waals surface area (Å²) in [4.78, 5) is 36.7. The third-order valence-electron chi connectivity index (χ3n) is 4.05. The Bertz CT molecular complexity index is 908. The Hall–Kier alpha value is -1.27. The van der Waals surface area contributed by atoms with Gasteiger partial charge in [-0.3, -0.25) is 9.59 Å². The number of amides is 1. The summed E-state index contributed by atoms with van der Waals surface area (Å²) in [6, 6.07) is 3.08. The molecule has 2 rings (SSSR count). The number of thioether (sulfide) groups is 2. The van der Waals surface area contributed by atoms with Crippen LogP contribution in [0.5, 0.6) is 0 Å². The van der Waals surface area contributed by atoms with E-state index < -0.39 is 39.2 Å². The number of primary sulfonamides is 1. The lowest BCUT2D eigenvalue weighted by Gasteiger charge is -2.30. The highest BCUT2D eigenvalue weighted by molar-refractivity contribution is 8.13. The second-order valence-corrected chi connectivity index (χ2v) is 10.5. The Balaban J connectivity index is 2.41. The van der Waals surface area contributed by atoms with E-state index in [0.717, 1.165) is 11.8 Å². The molecule has 1 saturated heterocycles. The van der Waals surface area contributed by atoms with Gasteiger partial charge in [-0.1, -0.05) is 36.4 Å². The highest BCUT2D eigenvalue weighted by Crippen LogP contribution is 2.43. The normalized spacial score (nSPS) is 20.8. The van der Waals surface area contributed by atoms with Gasteiger partial charge in [0.1, 0.15) is 16.3 Å². The first-order valence-electron chi connectivity index (χ1n) is 8.05. The van der Waals surface area contributed by atoms with Crippen LogP contribution in [0, 0.1) is 5.92 Å². The highest BCUT2D eigenvalue weighted by Gasteiger charge is 2.43. The number of carboxylic acid groups (broad SMARTS) is 1. The Morgan fingerprint density at radius 2 is 2.07 bits per heavy atom. The van der Waals surface area contributed by atoms with Crippen LogP contribution in [0.15, 0.2) is 23.1 Å². The summed E-state index contributed by atoms with van der Waals surface area (Å²) < 4.78 is 23.5. The number of carbonyl (C=O) groups excluding carboxylic acids is 2. The van der Waals surface area contributed by atoms with E-state index in [4.69, 9.17) is 16.7 Å². The van der Waals surface area contributed by atoms with E-state index in [-0.39, 0.29) is 26.5 Å². The van der Waals surface area contributed by atoms with E-state index in [9.17, 15) is 27.9 Å². The first-order chi connectivity index (χ1) is 12.9. The van der Waals surface area contributed by atoms with Gasteiger partial charge >= 0.3 is 5.97 Å². The first kappa shape index (κ1) is 23.0. The number of benzene rings is 1. The molecule has 12 heteroatoms. The van der Waals surface area contributed by atoms with E-state index in [1.807, 2.05) is 0 Å². The molecule has 0 aliphatic carbocycles. The van der Waals surface area contributed by atoms with Crippen molar-refractivity contribution < 1.29 is 27.9 Å². The van der Waals surface area contributed by atoms with Crippen LogP contribution in [-0.4, -0.2) is 53.0 Å². The van der Waals surface area contributed by atoms with Crippen molar-refractivity contribution in [1.82, 2.24) is 4.90 Å². The molecule has 0 bridgehead atoms. The van der Waals surface area contributed by atoms with Crippen molar-refractivity contribution in [3.05, 3.63) is 28.8 Å². The van der Waals surface area contributed by atoms with Gasteiger partial charge in [-0.15, -0.1) is 11.8 Å². The molecule has 0 radical (unpaired) electrons. The summed E-state index contributed by atoms with van der Waals surface area (Å²) in [5.74, 6) is -1.82. The molecule has 1 heterocycles. The van der Waals surface area contributed by atoms with Crippen LogP contribution < -0.4 is 5.14 Å². The predicted octanol–water partition coefficient (Wildman–Crippen LogP) is 1.93. The van der Waals surface area contributed by atoms with Gasteiger partial charge in [0.2, 0.25) is 15.9 Å². The minimum atomic E-state index is -4.09. The molecule has 1 fully saturated rings. The lowest BCUT2D eigenvalue weighted by molar-refractivity contribution is -0.150. The monoisotopic (exact) mass is 466 g/mol. The fourth-order valence-electron chi connectivity index (χ4n) is 2.68. The van der Waals surface area contributed by atoms with Crippen LogP contribution in [0.3, 0.4) is 0 Å². The van der Waals surface area contributed by atoms with Crippen LogP contribution in [0.25, 0.3) is 0 Å². The zero-order valence-corrected chi connectivity index (χ0v) is 18.2.